The fourth-order valence-electron chi connectivity index (χ4n) is 2.06. The summed E-state index contributed by atoms with van der Waals surface area (Å²) in [5, 5.41) is 2.96. The number of aryl methyl sites for hydroxylation is 3. The van der Waals surface area contributed by atoms with Gasteiger partial charge >= 0.3 is 12.3 Å². The smallest absolute Gasteiger partial charge is 0.330 e. The highest BCUT2D eigenvalue weighted by Gasteiger charge is 2.41. The van der Waals surface area contributed by atoms with Crippen molar-refractivity contribution in [1.29, 1.82) is 0 Å². The minimum absolute atomic E-state index is 0.0951. The highest BCUT2D eigenvalue weighted by molar-refractivity contribution is 5.38. The molecule has 0 amide bonds. The van der Waals surface area contributed by atoms with Gasteiger partial charge in [0.15, 0.2) is 0 Å². The van der Waals surface area contributed by atoms with E-state index in [0.717, 1.165) is 22.3 Å². The average Bonchev–Trinajstić information content (AvgIpc) is 2.39. The van der Waals surface area contributed by atoms with Crippen LogP contribution in [0.4, 0.5) is 17.6 Å². The molecule has 1 aromatic rings. The molecule has 0 aromatic heterocycles. The van der Waals surface area contributed by atoms with E-state index in [0.29, 0.717) is 0 Å². The van der Waals surface area contributed by atoms with Crippen molar-refractivity contribution >= 4 is 0 Å². The van der Waals surface area contributed by atoms with Crippen molar-refractivity contribution in [1.82, 2.24) is 5.32 Å². The van der Waals surface area contributed by atoms with Crippen LogP contribution in [0.25, 0.3) is 0 Å². The van der Waals surface area contributed by atoms with E-state index in [9.17, 15) is 17.6 Å². The molecule has 0 bridgehead atoms. The number of alkyl halides is 4. The van der Waals surface area contributed by atoms with Crippen LogP contribution in [0, 0.1) is 20.8 Å². The van der Waals surface area contributed by atoms with Crippen molar-refractivity contribution in [2.75, 3.05) is 20.3 Å². The van der Waals surface area contributed by atoms with Gasteiger partial charge in [-0.1, -0.05) is 12.1 Å². The van der Waals surface area contributed by atoms with Crippen LogP contribution >= 0.6 is 0 Å². The minimum atomic E-state index is -4.11. The Kier molecular flexibility index (Phi) is 6.16. The molecular formula is C15H21F4NO. The highest BCUT2D eigenvalue weighted by atomic mass is 19.3. The van der Waals surface area contributed by atoms with Crippen LogP contribution < -0.4 is 5.32 Å². The third kappa shape index (κ3) is 4.68. The molecule has 0 saturated heterocycles. The second kappa shape index (κ2) is 7.22. The molecule has 0 aliphatic carbocycles. The van der Waals surface area contributed by atoms with Gasteiger partial charge in [-0.2, -0.15) is 8.78 Å². The fraction of sp³-hybridized carbons (Fsp3) is 0.600. The van der Waals surface area contributed by atoms with Gasteiger partial charge in [0.25, 0.3) is 0 Å². The molecule has 0 fully saturated rings. The number of hydrogen-bond donors (Lipinski definition) is 1. The number of likely N-dealkylation sites (N-methyl/N-ethyl adjacent to an activating group) is 1. The predicted molar refractivity (Wildman–Crippen MR) is 74.2 cm³/mol. The summed E-state index contributed by atoms with van der Waals surface area (Å²) in [4.78, 5) is 0. The van der Waals surface area contributed by atoms with E-state index >= 15 is 0 Å². The summed E-state index contributed by atoms with van der Waals surface area (Å²) in [7, 11) is 1.67. The maximum absolute atomic E-state index is 12.8. The summed E-state index contributed by atoms with van der Waals surface area (Å²) in [6.07, 6.45) is -3.71. The molecule has 0 saturated carbocycles. The third-order valence-corrected chi connectivity index (χ3v) is 3.50. The van der Waals surface area contributed by atoms with Crippen molar-refractivity contribution in [2.24, 2.45) is 0 Å². The van der Waals surface area contributed by atoms with Gasteiger partial charge in [0.05, 0.1) is 12.6 Å². The number of rotatable bonds is 7. The Bertz CT molecular complexity index is 477. The van der Waals surface area contributed by atoms with E-state index in [1.807, 2.05) is 32.9 Å². The van der Waals surface area contributed by atoms with Crippen LogP contribution in [0.15, 0.2) is 12.1 Å². The zero-order valence-corrected chi connectivity index (χ0v) is 12.6. The molecule has 1 rings (SSSR count). The number of ether oxygens (including phenoxy) is 1. The normalized spacial score (nSPS) is 13.8. The van der Waals surface area contributed by atoms with E-state index in [2.05, 4.69) is 5.32 Å². The zero-order valence-electron chi connectivity index (χ0n) is 12.6. The Morgan fingerprint density at radius 1 is 1.10 bits per heavy atom. The molecule has 1 atom stereocenters. The molecule has 1 unspecified atom stereocenters. The fourth-order valence-corrected chi connectivity index (χ4v) is 2.06. The summed E-state index contributed by atoms with van der Waals surface area (Å²) in [6.45, 7) is 4.48. The van der Waals surface area contributed by atoms with E-state index in [-0.39, 0.29) is 12.6 Å². The molecule has 1 N–H and O–H groups in total. The van der Waals surface area contributed by atoms with E-state index in [1.54, 1.807) is 7.05 Å². The summed E-state index contributed by atoms with van der Waals surface area (Å²) >= 11 is 0. The maximum Gasteiger partial charge on any atom is 0.330 e. The van der Waals surface area contributed by atoms with E-state index < -0.39 is 19.0 Å². The number of benzene rings is 1. The number of nitrogens with one attached hydrogen (secondary N) is 1. The van der Waals surface area contributed by atoms with Crippen molar-refractivity contribution in [2.45, 2.75) is 39.2 Å². The van der Waals surface area contributed by atoms with E-state index in [1.165, 1.54) is 0 Å². The minimum Gasteiger partial charge on any atom is -0.373 e. The number of hydrogen-bond acceptors (Lipinski definition) is 2. The monoisotopic (exact) mass is 307 g/mol. The van der Waals surface area contributed by atoms with Crippen molar-refractivity contribution < 1.29 is 22.3 Å². The topological polar surface area (TPSA) is 21.3 Å². The van der Waals surface area contributed by atoms with Gasteiger partial charge in [-0.25, -0.2) is 8.78 Å². The molecule has 0 spiro atoms. The van der Waals surface area contributed by atoms with Crippen LogP contribution in [-0.2, 0) is 4.74 Å². The average molecular weight is 307 g/mol. The van der Waals surface area contributed by atoms with Crippen molar-refractivity contribution in [3.8, 4) is 0 Å². The Morgan fingerprint density at radius 2 is 1.67 bits per heavy atom. The van der Waals surface area contributed by atoms with Crippen LogP contribution in [0.2, 0.25) is 0 Å². The Labute approximate surface area is 122 Å². The lowest BCUT2D eigenvalue weighted by Gasteiger charge is -2.22. The summed E-state index contributed by atoms with van der Waals surface area (Å²) < 4.78 is 54.5. The lowest BCUT2D eigenvalue weighted by atomic mass is 9.96. The second-order valence-electron chi connectivity index (χ2n) is 5.21. The molecule has 2 nitrogen and oxygen atoms in total. The van der Waals surface area contributed by atoms with E-state index in [4.69, 9.17) is 4.74 Å². The van der Waals surface area contributed by atoms with Gasteiger partial charge < -0.3 is 10.1 Å². The first-order valence-electron chi connectivity index (χ1n) is 6.67. The molecule has 1 aromatic carbocycles. The lowest BCUT2D eigenvalue weighted by Crippen LogP contribution is -2.34. The molecule has 0 heterocycles. The second-order valence-corrected chi connectivity index (χ2v) is 5.21. The molecular weight excluding hydrogens is 286 g/mol. The highest BCUT2D eigenvalue weighted by Crippen LogP contribution is 2.25. The molecule has 120 valence electrons. The molecule has 0 aliphatic heterocycles. The van der Waals surface area contributed by atoms with Crippen LogP contribution in [0.1, 0.15) is 28.3 Å². The zero-order chi connectivity index (χ0) is 16.2. The van der Waals surface area contributed by atoms with Gasteiger partial charge in [-0.15, -0.1) is 0 Å². The number of halogens is 4. The Hall–Kier alpha value is -1.14. The van der Waals surface area contributed by atoms with Gasteiger partial charge in [0, 0.05) is 0 Å². The molecule has 21 heavy (non-hydrogen) atoms. The van der Waals surface area contributed by atoms with Crippen LogP contribution in [0.3, 0.4) is 0 Å². The summed E-state index contributed by atoms with van der Waals surface area (Å²) in [5.41, 5.74) is 4.13. The summed E-state index contributed by atoms with van der Waals surface area (Å²) in [5.74, 6) is -4.11. The standard InChI is InChI=1S/C15H21F4NO/c1-9-5-11(3)12(6-10(9)2)13(20-4)7-21-8-15(18,19)14(16)17/h5-6,13-14,20H,7-8H2,1-4H3. The van der Waals surface area contributed by atoms with Crippen molar-refractivity contribution in [3.05, 3.63) is 34.4 Å². The first-order chi connectivity index (χ1) is 9.69. The van der Waals surface area contributed by atoms with Gasteiger partial charge in [0.2, 0.25) is 0 Å². The molecule has 6 heteroatoms. The lowest BCUT2D eigenvalue weighted by molar-refractivity contribution is -0.167. The molecule has 0 aliphatic rings. The van der Waals surface area contributed by atoms with Crippen LogP contribution in [-0.4, -0.2) is 32.6 Å². The maximum atomic E-state index is 12.8. The van der Waals surface area contributed by atoms with Gasteiger partial charge in [-0.3, -0.25) is 0 Å². The molecule has 0 radical (unpaired) electrons. The largest absolute Gasteiger partial charge is 0.373 e. The summed E-state index contributed by atoms with van der Waals surface area (Å²) in [6, 6.07) is 3.64. The third-order valence-electron chi connectivity index (χ3n) is 3.50. The first-order valence-corrected chi connectivity index (χ1v) is 6.67. The SMILES string of the molecule is CNC(COCC(F)(F)C(F)F)c1cc(C)c(C)cc1C. The first kappa shape index (κ1) is 17.9. The predicted octanol–water partition coefficient (Wildman–Crippen LogP) is 3.79. The Balaban J connectivity index is 2.74. The quantitative estimate of drug-likeness (QED) is 0.774. The van der Waals surface area contributed by atoms with Crippen LogP contribution in [0.5, 0.6) is 0 Å². The van der Waals surface area contributed by atoms with Gasteiger partial charge in [-0.05, 0) is 50.1 Å². The van der Waals surface area contributed by atoms with Crippen molar-refractivity contribution in [3.63, 3.8) is 0 Å². The van der Waals surface area contributed by atoms with Gasteiger partial charge in [0.1, 0.15) is 6.61 Å². The Morgan fingerprint density at radius 3 is 2.19 bits per heavy atom.